The van der Waals surface area contributed by atoms with Gasteiger partial charge in [-0.3, -0.25) is 14.4 Å². The molecule has 0 bridgehead atoms. The molecule has 0 aliphatic rings. The van der Waals surface area contributed by atoms with Crippen molar-refractivity contribution < 1.29 is 24.3 Å². The van der Waals surface area contributed by atoms with Gasteiger partial charge >= 0.3 is 5.97 Å². The average molecular weight is 1140 g/mol. The lowest BCUT2D eigenvalue weighted by molar-refractivity contribution is -0.115. The smallest absolute Gasteiger partial charge is 0.337 e. The highest BCUT2D eigenvalue weighted by Gasteiger charge is 2.32. The van der Waals surface area contributed by atoms with Gasteiger partial charge in [0.15, 0.2) is 11.6 Å². The number of rotatable bonds is 5. The maximum absolute atomic E-state index is 13.6. The van der Waals surface area contributed by atoms with Gasteiger partial charge in [-0.2, -0.15) is 0 Å². The second-order valence-electron chi connectivity index (χ2n) is 6.09. The minimum Gasteiger partial charge on any atom is -0.478 e. The van der Waals surface area contributed by atoms with E-state index in [1.807, 2.05) is 80.8 Å². The summed E-state index contributed by atoms with van der Waals surface area (Å²) in [4.78, 5) is 47.1. The predicted octanol–water partition coefficient (Wildman–Crippen LogP) is 4.76. The molecule has 0 heterocycles. The van der Waals surface area contributed by atoms with E-state index in [9.17, 15) is 24.3 Å². The van der Waals surface area contributed by atoms with E-state index in [0.29, 0.717) is 16.3 Å². The van der Waals surface area contributed by atoms with Crippen LogP contribution in [0.2, 0.25) is 0 Å². The van der Waals surface area contributed by atoms with Gasteiger partial charge in [-0.1, -0.05) is 0 Å². The van der Waals surface area contributed by atoms with Crippen LogP contribution in [-0.4, -0.2) is 42.1 Å². The summed E-state index contributed by atoms with van der Waals surface area (Å²) in [5, 5.41) is 9.71. The molecule has 14 heteroatoms. The summed E-state index contributed by atoms with van der Waals surface area (Å²) < 4.78 is 3.68. The number of carboxylic acid groups (broad SMARTS) is 1. The Bertz CT molecular complexity index is 1150. The van der Waals surface area contributed by atoms with Crippen LogP contribution in [0.1, 0.15) is 49.1 Å². The summed E-state index contributed by atoms with van der Waals surface area (Å²) in [5.74, 6) is -2.22. The molecule has 2 aromatic carbocycles. The van der Waals surface area contributed by atoms with Crippen LogP contribution in [0.4, 0.5) is 0 Å². The largest absolute Gasteiger partial charge is 0.478 e. The minimum atomic E-state index is -1.19. The maximum Gasteiger partial charge on any atom is 0.337 e. The zero-order valence-corrected chi connectivity index (χ0v) is 30.8. The van der Waals surface area contributed by atoms with Crippen molar-refractivity contribution >= 4 is 159 Å². The fourth-order valence-corrected chi connectivity index (χ4v) is 11.0. The van der Waals surface area contributed by atoms with Gasteiger partial charge in [-0.25, -0.2) is 4.79 Å². The van der Waals surface area contributed by atoms with E-state index < -0.39 is 11.8 Å². The molecule has 0 radical (unpaired) electrons. The lowest BCUT2D eigenvalue weighted by Gasteiger charge is -2.18. The molecule has 2 rings (SSSR count). The van der Waals surface area contributed by atoms with Crippen LogP contribution < -0.4 is 17.2 Å². The molecule has 0 spiro atoms. The first-order valence-electron chi connectivity index (χ1n) is 8.88. The number of hydrogen-bond acceptors (Lipinski definition) is 6. The van der Waals surface area contributed by atoms with Crippen molar-refractivity contribution in [2.75, 3.05) is 13.6 Å². The number of halogens is 6. The van der Waals surface area contributed by atoms with E-state index >= 15 is 0 Å². The third-order valence-electron chi connectivity index (χ3n) is 3.85. The molecule has 2 aromatic rings. The molecule has 186 valence electrons. The third kappa shape index (κ3) is 8.52. The number of Topliss-reactive ketones (excluding diaryl/α,β-unsaturated/α-hetero) is 1. The van der Waals surface area contributed by atoms with Crippen molar-refractivity contribution in [3.8, 4) is 0 Å². The van der Waals surface area contributed by atoms with Gasteiger partial charge in [0.2, 0.25) is 5.91 Å². The van der Waals surface area contributed by atoms with Crippen LogP contribution in [-0.2, 0) is 4.79 Å². The molecule has 0 unspecified atom stereocenters. The van der Waals surface area contributed by atoms with Gasteiger partial charge in [0.25, 0.3) is 0 Å². The Kier molecular flexibility index (Phi) is 16.6. The van der Waals surface area contributed by atoms with Gasteiger partial charge in [0.05, 0.1) is 17.7 Å². The van der Waals surface area contributed by atoms with Crippen LogP contribution in [0, 0.1) is 28.3 Å². The second kappa shape index (κ2) is 16.1. The zero-order chi connectivity index (χ0) is 27.1. The van der Waals surface area contributed by atoms with Crippen molar-refractivity contribution in [3.05, 3.63) is 55.3 Å². The SMILES string of the molecule is CC(N)=O.CN.Cc1c(I)cc(I)c(C(=O)c2c(I)c(C(=O)O)c(I)c(C(=O)CN)c2I)c1I. The molecule has 0 aliphatic carbocycles. The second-order valence-corrected chi connectivity index (χ2v) is 12.7. The summed E-state index contributed by atoms with van der Waals surface area (Å²) in [5.41, 5.74) is 16.4. The maximum atomic E-state index is 13.6. The van der Waals surface area contributed by atoms with E-state index in [4.69, 9.17) is 5.73 Å². The molecule has 8 nitrogen and oxygen atoms in total. The summed E-state index contributed by atoms with van der Waals surface area (Å²) in [6, 6.07) is 1.92. The normalized spacial score (nSPS) is 9.85. The molecule has 0 aliphatic heterocycles. The molecule has 0 saturated heterocycles. The fraction of sp³-hybridized carbons (Fsp3) is 0.200. The van der Waals surface area contributed by atoms with E-state index in [1.165, 1.54) is 14.0 Å². The summed E-state index contributed by atoms with van der Waals surface area (Å²) in [6.45, 7) is 2.98. The Hall–Kier alpha value is 1.02. The van der Waals surface area contributed by atoms with E-state index in [2.05, 4.69) is 79.2 Å². The highest BCUT2D eigenvalue weighted by molar-refractivity contribution is 14.1. The number of ketones is 2. The Morgan fingerprint density at radius 1 is 0.794 bits per heavy atom. The van der Waals surface area contributed by atoms with Gasteiger partial charge in [-0.05, 0) is 161 Å². The van der Waals surface area contributed by atoms with E-state index in [0.717, 1.165) is 16.3 Å². The lowest BCUT2D eigenvalue weighted by atomic mass is 9.96. The molecule has 0 atom stereocenters. The summed E-state index contributed by atoms with van der Waals surface area (Å²) in [6.07, 6.45) is 0. The number of carbonyl (C=O) groups is 4. The number of benzene rings is 2. The first-order chi connectivity index (χ1) is 15.7. The third-order valence-corrected chi connectivity index (χ3v) is 10.4. The molecular formula is C20H19I6N3O5. The average Bonchev–Trinajstić information content (AvgIpc) is 2.72. The molecule has 0 fully saturated rings. The van der Waals surface area contributed by atoms with Crippen LogP contribution in [0.15, 0.2) is 6.07 Å². The van der Waals surface area contributed by atoms with Crippen molar-refractivity contribution in [2.45, 2.75) is 13.8 Å². The highest BCUT2D eigenvalue weighted by atomic mass is 127. The monoisotopic (exact) mass is 1140 g/mol. The number of hydrogen-bond donors (Lipinski definition) is 4. The van der Waals surface area contributed by atoms with E-state index in [1.54, 1.807) is 0 Å². The Morgan fingerprint density at radius 3 is 1.62 bits per heavy atom. The standard InChI is InChI=1S/C17H9I6NO4.C2H5NO.CH5N/c1-4-5(18)2-6(19)8(12(4)20)16(26)10-13(21)9(7(25)3-24)14(22)11(15(10)23)17(27)28;1-2(3)4;1-2/h2H,3,24H2,1H3,(H,27,28);1H3,(H2,3,4);2H2,1H3. The lowest BCUT2D eigenvalue weighted by Crippen LogP contribution is -2.23. The number of carbonyl (C=O) groups excluding carboxylic acids is 3. The van der Waals surface area contributed by atoms with Crippen molar-refractivity contribution in [1.82, 2.24) is 0 Å². The predicted molar refractivity (Wildman–Crippen MR) is 183 cm³/mol. The molecule has 7 N–H and O–H groups in total. The topological polar surface area (TPSA) is 167 Å². The van der Waals surface area contributed by atoms with Gasteiger partial charge in [0.1, 0.15) is 0 Å². The van der Waals surface area contributed by atoms with Gasteiger partial charge < -0.3 is 22.3 Å². The van der Waals surface area contributed by atoms with Crippen molar-refractivity contribution in [2.24, 2.45) is 17.2 Å². The van der Waals surface area contributed by atoms with Gasteiger partial charge in [0, 0.05) is 39.5 Å². The zero-order valence-electron chi connectivity index (χ0n) is 17.9. The van der Waals surface area contributed by atoms with Crippen LogP contribution in [0.3, 0.4) is 0 Å². The molecular weight excluding hydrogens is 1120 g/mol. The van der Waals surface area contributed by atoms with Gasteiger partial charge in [-0.15, -0.1) is 0 Å². The Balaban J connectivity index is 0.00000164. The van der Waals surface area contributed by atoms with Crippen molar-refractivity contribution in [3.63, 3.8) is 0 Å². The quantitative estimate of drug-likeness (QED) is 0.248. The van der Waals surface area contributed by atoms with Crippen LogP contribution in [0.5, 0.6) is 0 Å². The number of carboxylic acids is 1. The summed E-state index contributed by atoms with van der Waals surface area (Å²) >= 11 is 12.1. The van der Waals surface area contributed by atoms with E-state index in [-0.39, 0.29) is 34.9 Å². The van der Waals surface area contributed by atoms with Crippen LogP contribution in [0.25, 0.3) is 0 Å². The number of primary amides is 1. The molecule has 1 amide bonds. The Labute approximate surface area is 278 Å². The highest BCUT2D eigenvalue weighted by Crippen LogP contribution is 2.36. The molecule has 0 saturated carbocycles. The number of amides is 1. The fourth-order valence-electron chi connectivity index (χ4n) is 2.42. The minimum absolute atomic E-state index is 0.0472. The molecule has 0 aromatic heterocycles. The van der Waals surface area contributed by atoms with Crippen LogP contribution >= 0.6 is 136 Å². The first kappa shape index (κ1) is 35.0. The van der Waals surface area contributed by atoms with Crippen molar-refractivity contribution in [1.29, 1.82) is 0 Å². The first-order valence-corrected chi connectivity index (χ1v) is 15.4. The molecule has 34 heavy (non-hydrogen) atoms. The number of aromatic carboxylic acids is 1. The number of nitrogens with two attached hydrogens (primary N) is 3. The Morgan fingerprint density at radius 2 is 1.21 bits per heavy atom. The summed E-state index contributed by atoms with van der Waals surface area (Å²) in [7, 11) is 1.50.